The van der Waals surface area contributed by atoms with Gasteiger partial charge in [-0.25, -0.2) is 4.98 Å². The summed E-state index contributed by atoms with van der Waals surface area (Å²) in [5, 5.41) is 0. The SMILES string of the molecule is O=c1cc(-c2ccc3c(c2)OCCCO3)nc[nH]1. The van der Waals surface area contributed by atoms with Crippen LogP contribution in [0.15, 0.2) is 35.4 Å². The summed E-state index contributed by atoms with van der Waals surface area (Å²) in [5.41, 5.74) is 1.28. The number of aromatic amines is 1. The maximum Gasteiger partial charge on any atom is 0.251 e. The Labute approximate surface area is 103 Å². The van der Waals surface area contributed by atoms with Crippen molar-refractivity contribution in [3.8, 4) is 22.8 Å². The third-order valence-corrected chi connectivity index (χ3v) is 2.72. The molecule has 0 radical (unpaired) electrons. The summed E-state index contributed by atoms with van der Waals surface area (Å²) in [4.78, 5) is 17.9. The van der Waals surface area contributed by atoms with Gasteiger partial charge in [0, 0.05) is 18.1 Å². The molecule has 1 N–H and O–H groups in total. The van der Waals surface area contributed by atoms with Crippen LogP contribution < -0.4 is 15.0 Å². The highest BCUT2D eigenvalue weighted by molar-refractivity contribution is 5.63. The minimum atomic E-state index is -0.174. The highest BCUT2D eigenvalue weighted by Gasteiger charge is 2.11. The van der Waals surface area contributed by atoms with E-state index in [4.69, 9.17) is 9.47 Å². The molecular formula is C13H12N2O3. The topological polar surface area (TPSA) is 64.2 Å². The van der Waals surface area contributed by atoms with Gasteiger partial charge in [0.2, 0.25) is 0 Å². The first kappa shape index (κ1) is 10.8. The summed E-state index contributed by atoms with van der Waals surface area (Å²) in [6, 6.07) is 7.02. The molecule has 0 atom stereocenters. The Balaban J connectivity index is 2.04. The van der Waals surface area contributed by atoms with Crippen LogP contribution in [-0.2, 0) is 0 Å². The molecule has 5 nitrogen and oxygen atoms in total. The van der Waals surface area contributed by atoms with Gasteiger partial charge in [0.1, 0.15) is 0 Å². The third kappa shape index (κ3) is 2.07. The van der Waals surface area contributed by atoms with Crippen molar-refractivity contribution in [3.63, 3.8) is 0 Å². The van der Waals surface area contributed by atoms with Crippen molar-refractivity contribution in [2.45, 2.75) is 6.42 Å². The van der Waals surface area contributed by atoms with Gasteiger partial charge in [-0.3, -0.25) is 4.79 Å². The lowest BCUT2D eigenvalue weighted by Crippen LogP contribution is -2.04. The molecule has 0 bridgehead atoms. The van der Waals surface area contributed by atoms with Gasteiger partial charge in [-0.1, -0.05) is 0 Å². The average molecular weight is 244 g/mol. The van der Waals surface area contributed by atoms with Crippen LogP contribution in [0.3, 0.4) is 0 Å². The molecule has 3 rings (SSSR count). The Morgan fingerprint density at radius 1 is 1.11 bits per heavy atom. The average Bonchev–Trinajstić information content (AvgIpc) is 2.63. The standard InChI is InChI=1S/C13H12N2O3/c16-13-7-10(14-8-15-13)9-2-3-11-12(6-9)18-5-1-4-17-11/h2-3,6-8H,1,4-5H2,(H,14,15,16). The molecule has 2 aromatic rings. The second-order valence-corrected chi connectivity index (χ2v) is 4.01. The van der Waals surface area contributed by atoms with E-state index in [0.29, 0.717) is 24.7 Å². The molecule has 0 aliphatic carbocycles. The maximum absolute atomic E-state index is 11.3. The van der Waals surface area contributed by atoms with Crippen LogP contribution >= 0.6 is 0 Å². The Bertz CT molecular complexity index is 622. The zero-order valence-electron chi connectivity index (χ0n) is 9.68. The minimum Gasteiger partial charge on any atom is -0.490 e. The van der Waals surface area contributed by atoms with Crippen molar-refractivity contribution < 1.29 is 9.47 Å². The van der Waals surface area contributed by atoms with Crippen molar-refractivity contribution in [3.05, 3.63) is 40.9 Å². The third-order valence-electron chi connectivity index (χ3n) is 2.72. The molecule has 0 amide bonds. The van der Waals surface area contributed by atoms with Gasteiger partial charge < -0.3 is 14.5 Å². The number of nitrogens with zero attached hydrogens (tertiary/aromatic N) is 1. The van der Waals surface area contributed by atoms with Crippen LogP contribution in [0.5, 0.6) is 11.5 Å². The van der Waals surface area contributed by atoms with E-state index < -0.39 is 0 Å². The molecule has 0 saturated heterocycles. The number of aromatic nitrogens is 2. The molecule has 0 fully saturated rings. The molecule has 1 aliphatic rings. The minimum absolute atomic E-state index is 0.174. The van der Waals surface area contributed by atoms with E-state index in [1.807, 2.05) is 18.2 Å². The number of rotatable bonds is 1. The molecule has 0 saturated carbocycles. The fourth-order valence-electron chi connectivity index (χ4n) is 1.85. The molecular weight excluding hydrogens is 232 g/mol. The first-order valence-electron chi connectivity index (χ1n) is 5.78. The monoisotopic (exact) mass is 244 g/mol. The van der Waals surface area contributed by atoms with Gasteiger partial charge in [0.15, 0.2) is 11.5 Å². The lowest BCUT2D eigenvalue weighted by molar-refractivity contribution is 0.297. The van der Waals surface area contributed by atoms with Gasteiger partial charge in [0.25, 0.3) is 5.56 Å². The number of fused-ring (bicyclic) bond motifs is 1. The smallest absolute Gasteiger partial charge is 0.251 e. The second-order valence-electron chi connectivity index (χ2n) is 4.01. The van der Waals surface area contributed by atoms with Crippen LogP contribution in [0.4, 0.5) is 0 Å². The van der Waals surface area contributed by atoms with Crippen molar-refractivity contribution in [1.82, 2.24) is 9.97 Å². The maximum atomic E-state index is 11.3. The number of benzene rings is 1. The summed E-state index contributed by atoms with van der Waals surface area (Å²) in [5.74, 6) is 1.44. The Kier molecular flexibility index (Phi) is 2.72. The Morgan fingerprint density at radius 3 is 2.78 bits per heavy atom. The van der Waals surface area contributed by atoms with Gasteiger partial charge in [0.05, 0.1) is 25.2 Å². The van der Waals surface area contributed by atoms with Gasteiger partial charge in [-0.2, -0.15) is 0 Å². The van der Waals surface area contributed by atoms with Crippen LogP contribution in [0.1, 0.15) is 6.42 Å². The number of H-pyrrole nitrogens is 1. The first-order valence-corrected chi connectivity index (χ1v) is 5.78. The molecule has 1 aromatic carbocycles. The molecule has 0 spiro atoms. The summed E-state index contributed by atoms with van der Waals surface area (Å²) in [6.07, 6.45) is 2.26. The van der Waals surface area contributed by atoms with E-state index in [1.54, 1.807) is 0 Å². The molecule has 92 valence electrons. The van der Waals surface area contributed by atoms with E-state index in [-0.39, 0.29) is 5.56 Å². The second kappa shape index (κ2) is 4.52. The lowest BCUT2D eigenvalue weighted by Gasteiger charge is -2.08. The summed E-state index contributed by atoms with van der Waals surface area (Å²) in [6.45, 7) is 1.30. The molecule has 2 heterocycles. The molecule has 18 heavy (non-hydrogen) atoms. The van der Waals surface area contributed by atoms with Gasteiger partial charge in [-0.15, -0.1) is 0 Å². The normalized spacial score (nSPS) is 14.0. The zero-order valence-corrected chi connectivity index (χ0v) is 9.68. The molecule has 1 aromatic heterocycles. The predicted molar refractivity (Wildman–Crippen MR) is 65.9 cm³/mol. The highest BCUT2D eigenvalue weighted by atomic mass is 16.5. The quantitative estimate of drug-likeness (QED) is 0.827. The molecule has 0 unspecified atom stereocenters. The van der Waals surface area contributed by atoms with Crippen LogP contribution in [0, 0.1) is 0 Å². The van der Waals surface area contributed by atoms with Crippen molar-refractivity contribution >= 4 is 0 Å². The summed E-state index contributed by atoms with van der Waals surface area (Å²) in [7, 11) is 0. The first-order chi connectivity index (χ1) is 8.83. The molecule has 5 heteroatoms. The van der Waals surface area contributed by atoms with Gasteiger partial charge >= 0.3 is 0 Å². The summed E-state index contributed by atoms with van der Waals surface area (Å²) >= 11 is 0. The van der Waals surface area contributed by atoms with E-state index in [9.17, 15) is 4.79 Å². The van der Waals surface area contributed by atoms with Crippen molar-refractivity contribution in [2.24, 2.45) is 0 Å². The van der Waals surface area contributed by atoms with Crippen molar-refractivity contribution in [2.75, 3.05) is 13.2 Å². The molecule has 1 aliphatic heterocycles. The van der Waals surface area contributed by atoms with Gasteiger partial charge in [-0.05, 0) is 18.2 Å². The Hall–Kier alpha value is -2.30. The zero-order chi connectivity index (χ0) is 12.4. The summed E-state index contributed by atoms with van der Waals surface area (Å²) < 4.78 is 11.2. The van der Waals surface area contributed by atoms with Crippen molar-refractivity contribution in [1.29, 1.82) is 0 Å². The van der Waals surface area contributed by atoms with Crippen LogP contribution in [-0.4, -0.2) is 23.2 Å². The van der Waals surface area contributed by atoms with E-state index in [0.717, 1.165) is 17.7 Å². The van der Waals surface area contributed by atoms with E-state index in [1.165, 1.54) is 12.4 Å². The predicted octanol–water partition coefficient (Wildman–Crippen LogP) is 1.60. The largest absolute Gasteiger partial charge is 0.490 e. The number of hydrogen-bond donors (Lipinski definition) is 1. The van der Waals surface area contributed by atoms with E-state index >= 15 is 0 Å². The number of nitrogens with one attached hydrogen (secondary N) is 1. The number of ether oxygens (including phenoxy) is 2. The lowest BCUT2D eigenvalue weighted by atomic mass is 10.1. The number of hydrogen-bond acceptors (Lipinski definition) is 4. The Morgan fingerprint density at radius 2 is 1.94 bits per heavy atom. The fraction of sp³-hybridized carbons (Fsp3) is 0.231. The van der Waals surface area contributed by atoms with E-state index in [2.05, 4.69) is 9.97 Å². The fourth-order valence-corrected chi connectivity index (χ4v) is 1.85. The highest BCUT2D eigenvalue weighted by Crippen LogP contribution is 2.33. The van der Waals surface area contributed by atoms with Crippen LogP contribution in [0.25, 0.3) is 11.3 Å². The van der Waals surface area contributed by atoms with Crippen LogP contribution in [0.2, 0.25) is 0 Å².